The van der Waals surface area contributed by atoms with Gasteiger partial charge >= 0.3 is 0 Å². The van der Waals surface area contributed by atoms with E-state index in [1.54, 1.807) is 0 Å². The predicted octanol–water partition coefficient (Wildman–Crippen LogP) is 3.41. The van der Waals surface area contributed by atoms with Crippen molar-refractivity contribution in [2.45, 2.75) is 26.1 Å². The molecule has 0 bridgehead atoms. The van der Waals surface area contributed by atoms with E-state index in [1.807, 2.05) is 12.1 Å². The zero-order valence-corrected chi connectivity index (χ0v) is 13.1. The maximum atomic E-state index is 5.81. The molecule has 2 rings (SSSR count). The smallest absolute Gasteiger partial charge is 0.0726 e. The third kappa shape index (κ3) is 2.95. The highest BCUT2D eigenvalue weighted by molar-refractivity contribution is 9.11. The normalized spacial score (nSPS) is 25.1. The third-order valence-corrected chi connectivity index (χ3v) is 3.98. The van der Waals surface area contributed by atoms with Crippen molar-refractivity contribution in [1.29, 1.82) is 0 Å². The Labute approximate surface area is 119 Å². The second kappa shape index (κ2) is 5.16. The first kappa shape index (κ1) is 13.2. The maximum Gasteiger partial charge on any atom is 0.0726 e. The van der Waals surface area contributed by atoms with Gasteiger partial charge in [-0.15, -0.1) is 0 Å². The lowest BCUT2D eigenvalue weighted by atomic mass is 10.2. The highest BCUT2D eigenvalue weighted by Gasteiger charge is 2.25. The fourth-order valence-electron chi connectivity index (χ4n) is 2.25. The highest BCUT2D eigenvalue weighted by atomic mass is 79.9. The summed E-state index contributed by atoms with van der Waals surface area (Å²) >= 11 is 7.16. The molecule has 0 amide bonds. The summed E-state index contributed by atoms with van der Waals surface area (Å²) in [5, 5.41) is 0. The minimum atomic E-state index is 0.245. The molecule has 17 heavy (non-hydrogen) atoms. The van der Waals surface area contributed by atoms with Gasteiger partial charge in [-0.1, -0.05) is 0 Å². The van der Waals surface area contributed by atoms with Gasteiger partial charge in [0.15, 0.2) is 0 Å². The second-order valence-electron chi connectivity index (χ2n) is 4.50. The Morgan fingerprint density at radius 1 is 1.18 bits per heavy atom. The largest absolute Gasteiger partial charge is 0.399 e. The van der Waals surface area contributed by atoms with Gasteiger partial charge in [0.05, 0.1) is 17.9 Å². The standard InChI is InChI=1S/C12H16Br2N2O/c1-7-5-16(6-8(2)17-7)12-10(13)3-9(15)4-11(12)14/h3-4,7-8H,5-6,15H2,1-2H3. The van der Waals surface area contributed by atoms with Crippen LogP contribution in [0.3, 0.4) is 0 Å². The van der Waals surface area contributed by atoms with Crippen LogP contribution in [0.25, 0.3) is 0 Å². The van der Waals surface area contributed by atoms with Crippen LogP contribution < -0.4 is 10.6 Å². The van der Waals surface area contributed by atoms with E-state index in [0.717, 1.165) is 33.4 Å². The second-order valence-corrected chi connectivity index (χ2v) is 6.20. The van der Waals surface area contributed by atoms with E-state index < -0.39 is 0 Å². The minimum absolute atomic E-state index is 0.245. The molecular formula is C12H16Br2N2O. The van der Waals surface area contributed by atoms with E-state index in [9.17, 15) is 0 Å². The average molecular weight is 364 g/mol. The number of morpholine rings is 1. The molecule has 5 heteroatoms. The molecule has 3 nitrogen and oxygen atoms in total. The summed E-state index contributed by atoms with van der Waals surface area (Å²) in [4.78, 5) is 2.33. The topological polar surface area (TPSA) is 38.5 Å². The van der Waals surface area contributed by atoms with Crippen LogP contribution in [0.2, 0.25) is 0 Å². The number of anilines is 2. The van der Waals surface area contributed by atoms with Gasteiger partial charge < -0.3 is 15.4 Å². The molecular weight excluding hydrogens is 348 g/mol. The zero-order valence-electron chi connectivity index (χ0n) is 9.91. The van der Waals surface area contributed by atoms with Crippen molar-refractivity contribution in [3.8, 4) is 0 Å². The van der Waals surface area contributed by atoms with Crippen molar-refractivity contribution in [1.82, 2.24) is 0 Å². The van der Waals surface area contributed by atoms with Gasteiger partial charge in [-0.3, -0.25) is 0 Å². The number of hydrogen-bond donors (Lipinski definition) is 1. The lowest BCUT2D eigenvalue weighted by molar-refractivity contribution is -0.00529. The Balaban J connectivity index is 2.33. The number of hydrogen-bond acceptors (Lipinski definition) is 3. The molecule has 0 spiro atoms. The third-order valence-electron chi connectivity index (χ3n) is 2.78. The van der Waals surface area contributed by atoms with E-state index in [4.69, 9.17) is 10.5 Å². The van der Waals surface area contributed by atoms with E-state index in [-0.39, 0.29) is 12.2 Å². The molecule has 2 atom stereocenters. The molecule has 1 heterocycles. The van der Waals surface area contributed by atoms with Crippen LogP contribution in [0.1, 0.15) is 13.8 Å². The Hall–Kier alpha value is -0.260. The number of nitrogens with two attached hydrogens (primary N) is 1. The van der Waals surface area contributed by atoms with Crippen molar-refractivity contribution >= 4 is 43.2 Å². The average Bonchev–Trinajstić information content (AvgIpc) is 2.13. The van der Waals surface area contributed by atoms with Crippen LogP contribution >= 0.6 is 31.9 Å². The molecule has 0 aliphatic carbocycles. The van der Waals surface area contributed by atoms with Crippen molar-refractivity contribution < 1.29 is 4.74 Å². The Morgan fingerprint density at radius 2 is 1.65 bits per heavy atom. The quantitative estimate of drug-likeness (QED) is 0.777. The SMILES string of the molecule is CC1CN(c2c(Br)cc(N)cc2Br)CC(C)O1. The van der Waals surface area contributed by atoms with Gasteiger partial charge in [0.2, 0.25) is 0 Å². The van der Waals surface area contributed by atoms with Crippen LogP contribution in [0, 0.1) is 0 Å². The Bertz CT molecular complexity index is 392. The number of halogens is 2. The molecule has 1 aromatic carbocycles. The molecule has 1 saturated heterocycles. The maximum absolute atomic E-state index is 5.81. The Kier molecular flexibility index (Phi) is 4.00. The van der Waals surface area contributed by atoms with Crippen molar-refractivity contribution in [2.24, 2.45) is 0 Å². The molecule has 2 unspecified atom stereocenters. The highest BCUT2D eigenvalue weighted by Crippen LogP contribution is 2.37. The van der Waals surface area contributed by atoms with Crippen LogP contribution in [-0.4, -0.2) is 25.3 Å². The first-order chi connectivity index (χ1) is 7.97. The first-order valence-electron chi connectivity index (χ1n) is 5.62. The number of nitrogen functional groups attached to an aromatic ring is 1. The molecule has 1 aliphatic rings. The number of benzene rings is 1. The lowest BCUT2D eigenvalue weighted by Gasteiger charge is -2.37. The van der Waals surface area contributed by atoms with E-state index in [1.165, 1.54) is 0 Å². The lowest BCUT2D eigenvalue weighted by Crippen LogP contribution is -2.45. The van der Waals surface area contributed by atoms with Crippen LogP contribution in [0.15, 0.2) is 21.1 Å². The monoisotopic (exact) mass is 362 g/mol. The van der Waals surface area contributed by atoms with E-state index >= 15 is 0 Å². The van der Waals surface area contributed by atoms with Crippen LogP contribution in [0.4, 0.5) is 11.4 Å². The van der Waals surface area contributed by atoms with E-state index in [0.29, 0.717) is 0 Å². The van der Waals surface area contributed by atoms with Crippen LogP contribution in [0.5, 0.6) is 0 Å². The summed E-state index contributed by atoms with van der Waals surface area (Å²) in [6.45, 7) is 5.99. The first-order valence-corrected chi connectivity index (χ1v) is 7.21. The Morgan fingerprint density at radius 3 is 2.12 bits per heavy atom. The predicted molar refractivity (Wildman–Crippen MR) is 78.5 cm³/mol. The molecule has 94 valence electrons. The minimum Gasteiger partial charge on any atom is -0.399 e. The molecule has 1 aliphatic heterocycles. The molecule has 0 radical (unpaired) electrons. The van der Waals surface area contributed by atoms with Gasteiger partial charge in [0.25, 0.3) is 0 Å². The molecule has 0 saturated carbocycles. The summed E-state index contributed by atoms with van der Waals surface area (Å²) in [5.74, 6) is 0. The number of nitrogens with zero attached hydrogens (tertiary/aromatic N) is 1. The summed E-state index contributed by atoms with van der Waals surface area (Å²) in [5.41, 5.74) is 7.71. The van der Waals surface area contributed by atoms with E-state index in [2.05, 4.69) is 50.6 Å². The molecule has 1 fully saturated rings. The van der Waals surface area contributed by atoms with Gasteiger partial charge in [0, 0.05) is 27.7 Å². The van der Waals surface area contributed by atoms with Gasteiger partial charge in [-0.25, -0.2) is 0 Å². The van der Waals surface area contributed by atoms with Crippen molar-refractivity contribution in [3.63, 3.8) is 0 Å². The van der Waals surface area contributed by atoms with Gasteiger partial charge in [-0.2, -0.15) is 0 Å². The fourth-order valence-corrected chi connectivity index (χ4v) is 3.97. The summed E-state index contributed by atoms with van der Waals surface area (Å²) in [6.07, 6.45) is 0.491. The number of rotatable bonds is 1. The van der Waals surface area contributed by atoms with Gasteiger partial charge in [-0.05, 0) is 57.8 Å². The van der Waals surface area contributed by atoms with Crippen molar-refractivity contribution in [3.05, 3.63) is 21.1 Å². The summed E-state index contributed by atoms with van der Waals surface area (Å²) in [6, 6.07) is 3.87. The summed E-state index contributed by atoms with van der Waals surface area (Å²) in [7, 11) is 0. The molecule has 0 aromatic heterocycles. The number of ether oxygens (including phenoxy) is 1. The van der Waals surface area contributed by atoms with Gasteiger partial charge in [0.1, 0.15) is 0 Å². The zero-order chi connectivity index (χ0) is 12.6. The van der Waals surface area contributed by atoms with Crippen molar-refractivity contribution in [2.75, 3.05) is 23.7 Å². The molecule has 2 N–H and O–H groups in total. The molecule has 1 aromatic rings. The fraction of sp³-hybridized carbons (Fsp3) is 0.500. The summed E-state index contributed by atoms with van der Waals surface area (Å²) < 4.78 is 7.78. The van der Waals surface area contributed by atoms with Crippen LogP contribution in [-0.2, 0) is 4.74 Å².